The van der Waals surface area contributed by atoms with E-state index in [9.17, 15) is 9.59 Å². The van der Waals surface area contributed by atoms with Crippen molar-refractivity contribution in [1.29, 1.82) is 0 Å². The summed E-state index contributed by atoms with van der Waals surface area (Å²) in [4.78, 5) is 26.6. The Labute approximate surface area is 171 Å². The number of benzene rings is 2. The van der Waals surface area contributed by atoms with Gasteiger partial charge in [-0.05, 0) is 51.1 Å². The molecule has 2 aromatic rings. The largest absolute Gasteiger partial charge is 0.486 e. The van der Waals surface area contributed by atoms with Gasteiger partial charge in [-0.1, -0.05) is 23.8 Å². The molecule has 0 spiro atoms. The maximum Gasteiger partial charge on any atom is 0.325 e. The highest BCUT2D eigenvalue weighted by molar-refractivity contribution is 6.02. The number of hydrogen-bond acceptors (Lipinski definition) is 5. The van der Waals surface area contributed by atoms with Crippen LogP contribution in [0.25, 0.3) is 0 Å². The van der Waals surface area contributed by atoms with Crippen molar-refractivity contribution in [2.75, 3.05) is 25.6 Å². The minimum atomic E-state index is -0.585. The minimum absolute atomic E-state index is 0.368. The lowest BCUT2D eigenvalue weighted by Crippen LogP contribution is -2.46. The number of nitrogens with one attached hydrogen (secondary N) is 2. The molecule has 0 radical (unpaired) electrons. The van der Waals surface area contributed by atoms with Crippen molar-refractivity contribution in [3.05, 3.63) is 53.1 Å². The summed E-state index contributed by atoms with van der Waals surface area (Å²) in [6.07, 6.45) is 0. The van der Waals surface area contributed by atoms with Crippen LogP contribution >= 0.6 is 0 Å². The van der Waals surface area contributed by atoms with Crippen LogP contribution in [-0.2, 0) is 11.3 Å². The van der Waals surface area contributed by atoms with Gasteiger partial charge in [0.1, 0.15) is 13.2 Å². The number of nitrogens with zero attached hydrogens (tertiary/aromatic N) is 1. The predicted molar refractivity (Wildman–Crippen MR) is 111 cm³/mol. The number of hydrogen-bond donors (Lipinski definition) is 2. The number of carbonyl (C=O) groups is 2. The van der Waals surface area contributed by atoms with Gasteiger partial charge in [-0.25, -0.2) is 4.79 Å². The van der Waals surface area contributed by atoms with E-state index in [0.29, 0.717) is 36.9 Å². The van der Waals surface area contributed by atoms with Gasteiger partial charge in [0.05, 0.1) is 6.04 Å². The number of ether oxygens (including phenoxy) is 2. The van der Waals surface area contributed by atoms with Crippen molar-refractivity contribution < 1.29 is 19.1 Å². The first kappa shape index (κ1) is 20.7. The zero-order valence-electron chi connectivity index (χ0n) is 17.2. The first-order valence-electron chi connectivity index (χ1n) is 9.61. The molecule has 0 bridgehead atoms. The summed E-state index contributed by atoms with van der Waals surface area (Å²) in [5.74, 6) is 0.842. The van der Waals surface area contributed by atoms with Gasteiger partial charge in [-0.2, -0.15) is 0 Å². The SMILES string of the molecule is Cc1ccc(CN(C)C(C)C(=O)NC(=O)Nc2ccc3c(c2)OCCO3)c(C)c1. The van der Waals surface area contributed by atoms with Crippen molar-refractivity contribution >= 4 is 17.6 Å². The standard InChI is InChI=1S/C22H27N3O4/c1-14-5-6-17(15(2)11-14)13-25(4)16(3)21(26)24-22(27)23-18-7-8-19-20(12-18)29-10-9-28-19/h5-8,11-12,16H,9-10,13H2,1-4H3,(H2,23,24,26,27). The molecule has 3 rings (SSSR count). The third kappa shape index (κ3) is 5.26. The lowest BCUT2D eigenvalue weighted by molar-refractivity contribution is -0.124. The highest BCUT2D eigenvalue weighted by atomic mass is 16.6. The number of likely N-dealkylation sites (N-methyl/N-ethyl adjacent to an activating group) is 1. The average Bonchev–Trinajstić information content (AvgIpc) is 2.69. The molecule has 7 heteroatoms. The Morgan fingerprint density at radius 1 is 1.07 bits per heavy atom. The molecule has 0 aromatic heterocycles. The fourth-order valence-electron chi connectivity index (χ4n) is 3.13. The van der Waals surface area contributed by atoms with Crippen LogP contribution in [0.1, 0.15) is 23.6 Å². The molecule has 7 nitrogen and oxygen atoms in total. The molecule has 1 aliphatic heterocycles. The zero-order valence-corrected chi connectivity index (χ0v) is 17.2. The Morgan fingerprint density at radius 3 is 2.52 bits per heavy atom. The molecule has 1 atom stereocenters. The van der Waals surface area contributed by atoms with E-state index in [0.717, 1.165) is 5.56 Å². The molecule has 3 amide bonds. The van der Waals surface area contributed by atoms with E-state index >= 15 is 0 Å². The molecule has 2 N–H and O–H groups in total. The van der Waals surface area contributed by atoms with Gasteiger partial charge < -0.3 is 14.8 Å². The van der Waals surface area contributed by atoms with Gasteiger partial charge in [-0.3, -0.25) is 15.0 Å². The Bertz CT molecular complexity index is 913. The topological polar surface area (TPSA) is 79.9 Å². The first-order valence-corrected chi connectivity index (χ1v) is 9.61. The molecular weight excluding hydrogens is 370 g/mol. The number of carbonyl (C=O) groups excluding carboxylic acids is 2. The van der Waals surface area contributed by atoms with E-state index in [1.807, 2.05) is 11.9 Å². The summed E-state index contributed by atoms with van der Waals surface area (Å²) in [5, 5.41) is 5.05. The molecule has 1 heterocycles. The molecule has 0 saturated heterocycles. The number of anilines is 1. The van der Waals surface area contributed by atoms with Crippen LogP contribution < -0.4 is 20.1 Å². The Kier molecular flexibility index (Phi) is 6.39. The molecule has 154 valence electrons. The van der Waals surface area contributed by atoms with Crippen LogP contribution in [0.4, 0.5) is 10.5 Å². The normalized spacial score (nSPS) is 13.7. The van der Waals surface area contributed by atoms with Crippen molar-refractivity contribution in [1.82, 2.24) is 10.2 Å². The number of amides is 3. The molecular formula is C22H27N3O4. The van der Waals surface area contributed by atoms with Crippen LogP contribution in [0.3, 0.4) is 0 Å². The number of imide groups is 1. The van der Waals surface area contributed by atoms with Gasteiger partial charge in [-0.15, -0.1) is 0 Å². The van der Waals surface area contributed by atoms with Crippen molar-refractivity contribution in [2.45, 2.75) is 33.4 Å². The molecule has 1 unspecified atom stereocenters. The van der Waals surface area contributed by atoms with Crippen LogP contribution in [0, 0.1) is 13.8 Å². The summed E-state index contributed by atoms with van der Waals surface area (Å²) in [6.45, 7) is 7.47. The predicted octanol–water partition coefficient (Wildman–Crippen LogP) is 3.24. The maximum atomic E-state index is 12.5. The average molecular weight is 397 g/mol. The first-order chi connectivity index (χ1) is 13.8. The lowest BCUT2D eigenvalue weighted by atomic mass is 10.0. The second-order valence-electron chi connectivity index (χ2n) is 7.32. The molecule has 29 heavy (non-hydrogen) atoms. The van der Waals surface area contributed by atoms with Gasteiger partial charge in [0.15, 0.2) is 11.5 Å². The van der Waals surface area contributed by atoms with Crippen LogP contribution in [-0.4, -0.2) is 43.1 Å². The number of fused-ring (bicyclic) bond motifs is 1. The molecule has 0 saturated carbocycles. The minimum Gasteiger partial charge on any atom is -0.486 e. The van der Waals surface area contributed by atoms with Crippen LogP contribution in [0.5, 0.6) is 11.5 Å². The van der Waals surface area contributed by atoms with Gasteiger partial charge in [0.25, 0.3) is 0 Å². The van der Waals surface area contributed by atoms with Crippen molar-refractivity contribution in [3.63, 3.8) is 0 Å². The third-order valence-electron chi connectivity index (χ3n) is 5.00. The summed E-state index contributed by atoms with van der Waals surface area (Å²) < 4.78 is 11.0. The quantitative estimate of drug-likeness (QED) is 0.810. The summed E-state index contributed by atoms with van der Waals surface area (Å²) in [6, 6.07) is 10.3. The van der Waals surface area contributed by atoms with Gasteiger partial charge in [0.2, 0.25) is 5.91 Å². The van der Waals surface area contributed by atoms with Crippen LogP contribution in [0.2, 0.25) is 0 Å². The third-order valence-corrected chi connectivity index (χ3v) is 5.00. The zero-order chi connectivity index (χ0) is 21.0. The smallest absolute Gasteiger partial charge is 0.325 e. The summed E-state index contributed by atoms with van der Waals surface area (Å²) in [5.41, 5.74) is 4.06. The number of rotatable bonds is 5. The van der Waals surface area contributed by atoms with E-state index in [1.54, 1.807) is 25.1 Å². The van der Waals surface area contributed by atoms with Gasteiger partial charge >= 0.3 is 6.03 Å². The van der Waals surface area contributed by atoms with E-state index < -0.39 is 12.1 Å². The summed E-state index contributed by atoms with van der Waals surface area (Å²) in [7, 11) is 1.86. The Hall–Kier alpha value is -3.06. The van der Waals surface area contributed by atoms with Gasteiger partial charge in [0, 0.05) is 18.3 Å². The second-order valence-corrected chi connectivity index (χ2v) is 7.32. The number of aryl methyl sites for hydroxylation is 2. The molecule has 2 aromatic carbocycles. The molecule has 1 aliphatic rings. The van der Waals surface area contributed by atoms with Crippen molar-refractivity contribution in [2.24, 2.45) is 0 Å². The van der Waals surface area contributed by atoms with E-state index in [1.165, 1.54) is 11.1 Å². The van der Waals surface area contributed by atoms with E-state index in [4.69, 9.17) is 9.47 Å². The van der Waals surface area contributed by atoms with E-state index in [-0.39, 0.29) is 5.91 Å². The highest BCUT2D eigenvalue weighted by Crippen LogP contribution is 2.32. The monoisotopic (exact) mass is 397 g/mol. The Balaban J connectivity index is 1.55. The van der Waals surface area contributed by atoms with Crippen molar-refractivity contribution in [3.8, 4) is 11.5 Å². The fourth-order valence-corrected chi connectivity index (χ4v) is 3.13. The lowest BCUT2D eigenvalue weighted by Gasteiger charge is -2.24. The summed E-state index contributed by atoms with van der Waals surface area (Å²) >= 11 is 0. The van der Waals surface area contributed by atoms with Crippen LogP contribution in [0.15, 0.2) is 36.4 Å². The Morgan fingerprint density at radius 2 is 1.79 bits per heavy atom. The highest BCUT2D eigenvalue weighted by Gasteiger charge is 2.21. The fraction of sp³-hybridized carbons (Fsp3) is 0.364. The van der Waals surface area contributed by atoms with E-state index in [2.05, 4.69) is 42.7 Å². The molecule has 0 aliphatic carbocycles. The second kappa shape index (κ2) is 8.96. The number of urea groups is 1. The maximum absolute atomic E-state index is 12.5. The molecule has 0 fully saturated rings.